The summed E-state index contributed by atoms with van der Waals surface area (Å²) in [4.78, 5) is 24.6. The fourth-order valence-electron chi connectivity index (χ4n) is 1.64. The zero-order valence-corrected chi connectivity index (χ0v) is 10.9. The molecule has 1 aromatic rings. The van der Waals surface area contributed by atoms with Crippen LogP contribution in [-0.4, -0.2) is 11.1 Å². The molecule has 0 spiro atoms. The van der Waals surface area contributed by atoms with Crippen LogP contribution < -0.4 is 0 Å². The van der Waals surface area contributed by atoms with Crippen LogP contribution in [0.2, 0.25) is 0 Å². The lowest BCUT2D eigenvalue weighted by Crippen LogP contribution is -2.06. The van der Waals surface area contributed by atoms with Gasteiger partial charge in [0, 0.05) is 6.08 Å². The van der Waals surface area contributed by atoms with Crippen molar-refractivity contribution in [3.63, 3.8) is 0 Å². The van der Waals surface area contributed by atoms with Gasteiger partial charge in [0.05, 0.1) is 0 Å². The van der Waals surface area contributed by atoms with Crippen LogP contribution in [0.1, 0.15) is 37.3 Å². The van der Waals surface area contributed by atoms with Crippen LogP contribution in [0, 0.1) is 10.1 Å². The predicted molar refractivity (Wildman–Crippen MR) is 71.8 cm³/mol. The Kier molecular flexibility index (Phi) is 6.29. The van der Waals surface area contributed by atoms with Gasteiger partial charge in [-0.1, -0.05) is 44.0 Å². The van der Waals surface area contributed by atoms with Gasteiger partial charge in [0.2, 0.25) is 0 Å². The van der Waals surface area contributed by atoms with Gasteiger partial charge in [0.15, 0.2) is 0 Å². The molecular weight excluding hydrogens is 246 g/mol. The number of benzene rings is 1. The lowest BCUT2D eigenvalue weighted by Gasteiger charge is -2.01. The van der Waals surface area contributed by atoms with Crippen LogP contribution in [0.15, 0.2) is 30.3 Å². The lowest BCUT2D eigenvalue weighted by molar-refractivity contribution is -0.728. The van der Waals surface area contributed by atoms with E-state index in [-0.39, 0.29) is 0 Å². The molecule has 0 heterocycles. The van der Waals surface area contributed by atoms with E-state index in [0.717, 1.165) is 18.1 Å². The fraction of sp³-hybridized carbons (Fsp3) is 0.357. The van der Waals surface area contributed by atoms with Crippen molar-refractivity contribution in [1.29, 1.82) is 0 Å². The number of rotatable bonds is 7. The number of aryl methyl sites for hydroxylation is 1. The summed E-state index contributed by atoms with van der Waals surface area (Å²) in [6.07, 6.45) is 7.15. The third-order valence-electron chi connectivity index (χ3n) is 2.63. The van der Waals surface area contributed by atoms with Crippen LogP contribution in [0.4, 0.5) is 0 Å². The average Bonchev–Trinajstić information content (AvgIpc) is 2.37. The standard InChI is InChI=1S/C14H17NO4/c1-2-3-4-5-12-6-8-13(9-7-12)10-11-14(16)19-15(17)18/h6-11H,2-5H2,1H3. The maximum absolute atomic E-state index is 10.9. The maximum atomic E-state index is 10.9. The van der Waals surface area contributed by atoms with E-state index in [0.29, 0.717) is 0 Å². The second-order valence-corrected chi connectivity index (χ2v) is 4.17. The molecular formula is C14H17NO4. The summed E-state index contributed by atoms with van der Waals surface area (Å²) >= 11 is 0. The number of hydrogen-bond acceptors (Lipinski definition) is 4. The molecule has 0 saturated carbocycles. The Hall–Kier alpha value is -2.17. The topological polar surface area (TPSA) is 69.4 Å². The first-order valence-electron chi connectivity index (χ1n) is 6.25. The van der Waals surface area contributed by atoms with Crippen molar-refractivity contribution < 1.29 is 14.7 Å². The summed E-state index contributed by atoms with van der Waals surface area (Å²) < 4.78 is 0. The van der Waals surface area contributed by atoms with Crippen molar-refractivity contribution in [2.45, 2.75) is 32.6 Å². The quantitative estimate of drug-likeness (QED) is 0.328. The highest BCUT2D eigenvalue weighted by Crippen LogP contribution is 2.10. The highest BCUT2D eigenvalue weighted by atomic mass is 17.0. The highest BCUT2D eigenvalue weighted by molar-refractivity contribution is 5.86. The lowest BCUT2D eigenvalue weighted by atomic mass is 10.1. The number of hydrogen-bond donors (Lipinski definition) is 0. The van der Waals surface area contributed by atoms with Crippen molar-refractivity contribution in [2.24, 2.45) is 0 Å². The minimum atomic E-state index is -1.12. The predicted octanol–water partition coefficient (Wildman–Crippen LogP) is 3.17. The molecule has 19 heavy (non-hydrogen) atoms. The van der Waals surface area contributed by atoms with Crippen molar-refractivity contribution >= 4 is 12.0 Å². The van der Waals surface area contributed by atoms with Gasteiger partial charge in [-0.15, -0.1) is 10.1 Å². The van der Waals surface area contributed by atoms with Crippen LogP contribution in [0.25, 0.3) is 6.08 Å². The van der Waals surface area contributed by atoms with Crippen LogP contribution in [-0.2, 0) is 16.1 Å². The van der Waals surface area contributed by atoms with Gasteiger partial charge in [-0.2, -0.15) is 0 Å². The number of carbonyl (C=O) groups is 1. The summed E-state index contributed by atoms with van der Waals surface area (Å²) in [7, 11) is 0. The van der Waals surface area contributed by atoms with E-state index in [1.807, 2.05) is 24.3 Å². The molecule has 0 radical (unpaired) electrons. The Morgan fingerprint density at radius 3 is 2.58 bits per heavy atom. The SMILES string of the molecule is CCCCCc1ccc(C=CC(=O)O[N+](=O)[O-])cc1. The first-order chi connectivity index (χ1) is 9.11. The van der Waals surface area contributed by atoms with Crippen molar-refractivity contribution in [3.8, 4) is 0 Å². The smallest absolute Gasteiger partial charge is 0.263 e. The molecule has 0 amide bonds. The van der Waals surface area contributed by atoms with E-state index in [2.05, 4.69) is 11.8 Å². The third-order valence-corrected chi connectivity index (χ3v) is 2.63. The monoisotopic (exact) mass is 263 g/mol. The molecule has 102 valence electrons. The van der Waals surface area contributed by atoms with Crippen LogP contribution in [0.5, 0.6) is 0 Å². The molecule has 1 rings (SSSR count). The molecule has 0 unspecified atom stereocenters. The molecule has 0 N–H and O–H groups in total. The van der Waals surface area contributed by atoms with Crippen molar-refractivity contribution in [2.75, 3.05) is 0 Å². The Morgan fingerprint density at radius 2 is 2.00 bits per heavy atom. The number of unbranched alkanes of at least 4 members (excludes halogenated alkanes) is 2. The Balaban J connectivity index is 2.49. The van der Waals surface area contributed by atoms with E-state index in [1.54, 1.807) is 0 Å². The van der Waals surface area contributed by atoms with Gasteiger partial charge in [0.1, 0.15) is 0 Å². The molecule has 0 bridgehead atoms. The molecule has 0 fully saturated rings. The van der Waals surface area contributed by atoms with E-state index in [1.165, 1.54) is 30.9 Å². The highest BCUT2D eigenvalue weighted by Gasteiger charge is 2.01. The van der Waals surface area contributed by atoms with Gasteiger partial charge >= 0.3 is 11.1 Å². The second-order valence-electron chi connectivity index (χ2n) is 4.17. The van der Waals surface area contributed by atoms with Crippen molar-refractivity contribution in [3.05, 3.63) is 51.6 Å². The normalized spacial score (nSPS) is 10.6. The minimum Gasteiger partial charge on any atom is -0.263 e. The molecule has 0 atom stereocenters. The summed E-state index contributed by atoms with van der Waals surface area (Å²) in [5.74, 6) is -0.989. The third kappa shape index (κ3) is 6.35. The number of nitrogens with zero attached hydrogens (tertiary/aromatic N) is 1. The Labute approximate surface area is 112 Å². The molecule has 0 aromatic heterocycles. The largest absolute Gasteiger partial charge is 0.327 e. The van der Waals surface area contributed by atoms with Gasteiger partial charge < -0.3 is 0 Å². The van der Waals surface area contributed by atoms with E-state index < -0.39 is 11.1 Å². The minimum absolute atomic E-state index is 0.805. The van der Waals surface area contributed by atoms with E-state index in [4.69, 9.17) is 0 Å². The Morgan fingerprint density at radius 1 is 1.32 bits per heavy atom. The molecule has 0 aliphatic carbocycles. The van der Waals surface area contributed by atoms with Crippen molar-refractivity contribution in [1.82, 2.24) is 0 Å². The summed E-state index contributed by atoms with van der Waals surface area (Å²) in [5, 5.41) is 8.80. The zero-order valence-electron chi connectivity index (χ0n) is 10.9. The average molecular weight is 263 g/mol. The van der Waals surface area contributed by atoms with E-state index in [9.17, 15) is 14.9 Å². The molecule has 0 saturated heterocycles. The zero-order chi connectivity index (χ0) is 14.1. The molecule has 5 nitrogen and oxygen atoms in total. The first kappa shape index (κ1) is 14.9. The fourth-order valence-corrected chi connectivity index (χ4v) is 1.64. The first-order valence-corrected chi connectivity index (χ1v) is 6.25. The molecule has 0 aliphatic rings. The number of carbonyl (C=O) groups excluding carboxylic acids is 1. The van der Waals surface area contributed by atoms with Gasteiger partial charge in [-0.05, 0) is 30.0 Å². The summed E-state index contributed by atoms with van der Waals surface area (Å²) in [6, 6.07) is 7.73. The van der Waals surface area contributed by atoms with Crippen LogP contribution in [0.3, 0.4) is 0 Å². The molecule has 0 aliphatic heterocycles. The summed E-state index contributed by atoms with van der Waals surface area (Å²) in [6.45, 7) is 2.16. The Bertz CT molecular complexity index is 451. The van der Waals surface area contributed by atoms with Crippen LogP contribution >= 0.6 is 0 Å². The molecule has 5 heteroatoms. The van der Waals surface area contributed by atoms with Gasteiger partial charge in [-0.25, -0.2) is 4.84 Å². The van der Waals surface area contributed by atoms with E-state index >= 15 is 0 Å². The van der Waals surface area contributed by atoms with Gasteiger partial charge in [-0.3, -0.25) is 4.79 Å². The maximum Gasteiger partial charge on any atom is 0.327 e. The molecule has 1 aromatic carbocycles. The summed E-state index contributed by atoms with van der Waals surface area (Å²) in [5.41, 5.74) is 2.05. The van der Waals surface area contributed by atoms with Gasteiger partial charge in [0.25, 0.3) is 0 Å². The second kappa shape index (κ2) is 8.02.